The van der Waals surface area contributed by atoms with Gasteiger partial charge in [-0.15, -0.1) is 0 Å². The van der Waals surface area contributed by atoms with Crippen molar-refractivity contribution in [3.63, 3.8) is 0 Å². The molecule has 2 aromatic rings. The largest absolute Gasteiger partial charge is 0.316 e. The smallest absolute Gasteiger partial charge is 0.235 e. The minimum absolute atomic E-state index is 0.744. The van der Waals surface area contributed by atoms with Gasteiger partial charge in [0.15, 0.2) is 0 Å². The maximum absolute atomic E-state index is 4.61. The summed E-state index contributed by atoms with van der Waals surface area (Å²) in [6.07, 6.45) is 8.40. The van der Waals surface area contributed by atoms with E-state index in [1.165, 1.54) is 24.2 Å². The number of nitrogens with zero attached hydrogens (tertiary/aromatic N) is 4. The normalized spacial score (nSPS) is 14.4. The SMILES string of the molecule is CNCc1cnc(-n2cnc3c2CCCC3)nc1C. The zero-order valence-corrected chi connectivity index (χ0v) is 11.5. The molecule has 2 aromatic heterocycles. The Kier molecular flexibility index (Phi) is 3.29. The Hall–Kier alpha value is -1.75. The molecule has 0 aliphatic heterocycles. The predicted molar refractivity (Wildman–Crippen MR) is 73.3 cm³/mol. The summed E-state index contributed by atoms with van der Waals surface area (Å²) in [6, 6.07) is 0. The van der Waals surface area contributed by atoms with Gasteiger partial charge in [-0.05, 0) is 39.7 Å². The number of aromatic nitrogens is 4. The van der Waals surface area contributed by atoms with Crippen LogP contribution in [0.2, 0.25) is 0 Å². The third kappa shape index (κ3) is 2.26. The minimum Gasteiger partial charge on any atom is -0.316 e. The van der Waals surface area contributed by atoms with Crippen molar-refractivity contribution in [2.24, 2.45) is 0 Å². The van der Waals surface area contributed by atoms with E-state index in [0.717, 1.165) is 36.6 Å². The minimum atomic E-state index is 0.744. The quantitative estimate of drug-likeness (QED) is 0.907. The summed E-state index contributed by atoms with van der Waals surface area (Å²) in [4.78, 5) is 13.6. The molecule has 0 unspecified atom stereocenters. The van der Waals surface area contributed by atoms with Crippen LogP contribution in [0.5, 0.6) is 0 Å². The lowest BCUT2D eigenvalue weighted by atomic mass is 10.0. The van der Waals surface area contributed by atoms with Crippen LogP contribution in [0.15, 0.2) is 12.5 Å². The van der Waals surface area contributed by atoms with Crippen LogP contribution in [0, 0.1) is 6.92 Å². The fraction of sp³-hybridized carbons (Fsp3) is 0.500. The number of nitrogens with one attached hydrogen (secondary N) is 1. The second kappa shape index (κ2) is 5.09. The molecule has 5 nitrogen and oxygen atoms in total. The highest BCUT2D eigenvalue weighted by Crippen LogP contribution is 2.21. The van der Waals surface area contributed by atoms with Crippen molar-refractivity contribution in [2.75, 3.05) is 7.05 Å². The summed E-state index contributed by atoms with van der Waals surface area (Å²) in [7, 11) is 1.93. The summed E-state index contributed by atoms with van der Waals surface area (Å²) >= 11 is 0. The number of fused-ring (bicyclic) bond motifs is 1. The summed E-state index contributed by atoms with van der Waals surface area (Å²) in [5, 5.41) is 3.13. The number of hydrogen-bond acceptors (Lipinski definition) is 4. The topological polar surface area (TPSA) is 55.6 Å². The van der Waals surface area contributed by atoms with Gasteiger partial charge in [-0.2, -0.15) is 0 Å². The lowest BCUT2D eigenvalue weighted by Gasteiger charge is -2.13. The number of imidazole rings is 1. The average Bonchev–Trinajstić information content (AvgIpc) is 2.85. The molecule has 0 radical (unpaired) electrons. The lowest BCUT2D eigenvalue weighted by Crippen LogP contribution is -2.12. The van der Waals surface area contributed by atoms with Crippen LogP contribution < -0.4 is 5.32 Å². The van der Waals surface area contributed by atoms with Crippen LogP contribution in [0.25, 0.3) is 5.95 Å². The van der Waals surface area contributed by atoms with E-state index in [0.29, 0.717) is 0 Å². The zero-order chi connectivity index (χ0) is 13.2. The van der Waals surface area contributed by atoms with Gasteiger partial charge in [-0.1, -0.05) is 0 Å². The van der Waals surface area contributed by atoms with Crippen molar-refractivity contribution < 1.29 is 0 Å². The Balaban J connectivity index is 1.98. The average molecular weight is 257 g/mol. The molecule has 1 aliphatic rings. The van der Waals surface area contributed by atoms with Gasteiger partial charge in [-0.25, -0.2) is 15.0 Å². The van der Waals surface area contributed by atoms with Crippen LogP contribution >= 0.6 is 0 Å². The summed E-state index contributed by atoms with van der Waals surface area (Å²) < 4.78 is 2.05. The molecule has 2 heterocycles. The Labute approximate surface area is 113 Å². The van der Waals surface area contributed by atoms with Gasteiger partial charge in [0.1, 0.15) is 6.33 Å². The van der Waals surface area contributed by atoms with E-state index < -0.39 is 0 Å². The first-order chi connectivity index (χ1) is 9.29. The van der Waals surface area contributed by atoms with Crippen LogP contribution in [0.4, 0.5) is 0 Å². The van der Waals surface area contributed by atoms with Crippen LogP contribution in [-0.2, 0) is 19.4 Å². The first-order valence-electron chi connectivity index (χ1n) is 6.82. The third-order valence-corrected chi connectivity index (χ3v) is 3.68. The Morgan fingerprint density at radius 3 is 2.89 bits per heavy atom. The van der Waals surface area contributed by atoms with Gasteiger partial charge in [0.2, 0.25) is 5.95 Å². The Morgan fingerprint density at radius 2 is 2.11 bits per heavy atom. The van der Waals surface area contributed by atoms with Crippen LogP contribution in [0.3, 0.4) is 0 Å². The summed E-state index contributed by atoms with van der Waals surface area (Å²) in [5.74, 6) is 0.744. The van der Waals surface area contributed by atoms with Gasteiger partial charge < -0.3 is 5.32 Å². The van der Waals surface area contributed by atoms with Crippen molar-refractivity contribution in [2.45, 2.75) is 39.2 Å². The summed E-state index contributed by atoms with van der Waals surface area (Å²) in [6.45, 7) is 2.83. The molecule has 5 heteroatoms. The Morgan fingerprint density at radius 1 is 1.26 bits per heavy atom. The van der Waals surface area contributed by atoms with Gasteiger partial charge in [0.25, 0.3) is 0 Å². The van der Waals surface area contributed by atoms with Crippen LogP contribution in [-0.4, -0.2) is 26.6 Å². The van der Waals surface area contributed by atoms with Crippen molar-refractivity contribution in [3.8, 4) is 5.95 Å². The molecule has 0 saturated carbocycles. The fourth-order valence-electron chi connectivity index (χ4n) is 2.60. The lowest BCUT2D eigenvalue weighted by molar-refractivity contribution is 0.650. The van der Waals surface area contributed by atoms with E-state index in [1.54, 1.807) is 0 Å². The molecular weight excluding hydrogens is 238 g/mol. The number of aryl methyl sites for hydroxylation is 2. The van der Waals surface area contributed by atoms with E-state index in [-0.39, 0.29) is 0 Å². The first-order valence-corrected chi connectivity index (χ1v) is 6.82. The van der Waals surface area contributed by atoms with Gasteiger partial charge in [0, 0.05) is 29.7 Å². The number of hydrogen-bond donors (Lipinski definition) is 1. The molecule has 3 rings (SSSR count). The Bertz CT molecular complexity index is 588. The van der Waals surface area contributed by atoms with Gasteiger partial charge in [-0.3, -0.25) is 4.57 Å². The highest BCUT2D eigenvalue weighted by molar-refractivity contribution is 5.28. The van der Waals surface area contributed by atoms with E-state index in [4.69, 9.17) is 0 Å². The van der Waals surface area contributed by atoms with Crippen molar-refractivity contribution in [1.82, 2.24) is 24.8 Å². The molecule has 0 atom stereocenters. The number of rotatable bonds is 3. The monoisotopic (exact) mass is 257 g/mol. The van der Waals surface area contributed by atoms with Crippen molar-refractivity contribution >= 4 is 0 Å². The van der Waals surface area contributed by atoms with E-state index in [1.807, 2.05) is 31.1 Å². The molecule has 19 heavy (non-hydrogen) atoms. The van der Waals surface area contributed by atoms with Crippen molar-refractivity contribution in [3.05, 3.63) is 35.2 Å². The molecule has 1 N–H and O–H groups in total. The molecule has 0 spiro atoms. The maximum atomic E-state index is 4.61. The molecule has 0 amide bonds. The second-order valence-electron chi connectivity index (χ2n) is 5.03. The molecule has 0 fully saturated rings. The summed E-state index contributed by atoms with van der Waals surface area (Å²) in [5.41, 5.74) is 4.66. The van der Waals surface area contributed by atoms with Crippen LogP contribution in [0.1, 0.15) is 35.5 Å². The molecule has 0 saturated heterocycles. The highest BCUT2D eigenvalue weighted by Gasteiger charge is 2.17. The van der Waals surface area contributed by atoms with Crippen molar-refractivity contribution in [1.29, 1.82) is 0 Å². The van der Waals surface area contributed by atoms with Gasteiger partial charge in [0.05, 0.1) is 5.69 Å². The predicted octanol–water partition coefficient (Wildman–Crippen LogP) is 1.57. The van der Waals surface area contributed by atoms with E-state index >= 15 is 0 Å². The first kappa shape index (κ1) is 12.3. The molecular formula is C14H19N5. The fourth-order valence-corrected chi connectivity index (χ4v) is 2.60. The standard InChI is InChI=1S/C14H19N5/c1-10-11(7-15-2)8-16-14(18-10)19-9-17-12-5-3-4-6-13(12)19/h8-9,15H,3-7H2,1-2H3. The highest BCUT2D eigenvalue weighted by atomic mass is 15.2. The van der Waals surface area contributed by atoms with E-state index in [9.17, 15) is 0 Å². The molecule has 1 aliphatic carbocycles. The maximum Gasteiger partial charge on any atom is 0.235 e. The molecule has 100 valence electrons. The van der Waals surface area contributed by atoms with Gasteiger partial charge >= 0.3 is 0 Å². The van der Waals surface area contributed by atoms with E-state index in [2.05, 4.69) is 20.3 Å². The second-order valence-corrected chi connectivity index (χ2v) is 5.03. The molecule has 0 aromatic carbocycles. The third-order valence-electron chi connectivity index (χ3n) is 3.68. The molecule has 0 bridgehead atoms. The zero-order valence-electron chi connectivity index (χ0n) is 11.5.